The number of rotatable bonds is 6. The SMILES string of the molecule is C=C(/C=C\C)CCc1cc(-n2cnc3ccccc32)sc1C(=O)OC. The molecular weight excluding hydrogens is 332 g/mol. The Balaban J connectivity index is 1.98. The average Bonchev–Trinajstić information content (AvgIpc) is 3.23. The third-order valence-electron chi connectivity index (χ3n) is 3.98. The summed E-state index contributed by atoms with van der Waals surface area (Å²) < 4.78 is 6.97. The fourth-order valence-electron chi connectivity index (χ4n) is 2.73. The predicted octanol–water partition coefficient (Wildman–Crippen LogP) is 4.94. The summed E-state index contributed by atoms with van der Waals surface area (Å²) in [5.41, 5.74) is 3.97. The molecule has 3 aromatic rings. The van der Waals surface area contributed by atoms with Gasteiger partial charge >= 0.3 is 5.97 Å². The van der Waals surface area contributed by atoms with Crippen molar-refractivity contribution in [2.75, 3.05) is 7.11 Å². The van der Waals surface area contributed by atoms with Gasteiger partial charge in [0.2, 0.25) is 0 Å². The molecule has 5 heteroatoms. The lowest BCUT2D eigenvalue weighted by molar-refractivity contribution is 0.0605. The number of carbonyl (C=O) groups is 1. The number of imidazole rings is 1. The Bertz CT molecular complexity index is 950. The molecule has 2 aromatic heterocycles. The second kappa shape index (κ2) is 7.49. The van der Waals surface area contributed by atoms with Gasteiger partial charge in [-0.05, 0) is 43.5 Å². The van der Waals surface area contributed by atoms with Gasteiger partial charge in [0.1, 0.15) is 16.2 Å². The van der Waals surface area contributed by atoms with Crippen molar-refractivity contribution in [1.82, 2.24) is 9.55 Å². The van der Waals surface area contributed by atoms with Crippen LogP contribution in [0.15, 0.2) is 61.0 Å². The van der Waals surface area contributed by atoms with Crippen LogP contribution in [0.4, 0.5) is 0 Å². The minimum absolute atomic E-state index is 0.299. The second-order valence-electron chi connectivity index (χ2n) is 5.69. The summed E-state index contributed by atoms with van der Waals surface area (Å²) in [5.74, 6) is -0.299. The zero-order valence-corrected chi connectivity index (χ0v) is 15.2. The van der Waals surface area contributed by atoms with Gasteiger partial charge in [-0.3, -0.25) is 4.57 Å². The molecular formula is C20H20N2O2S. The van der Waals surface area contributed by atoms with Crippen molar-refractivity contribution < 1.29 is 9.53 Å². The summed E-state index contributed by atoms with van der Waals surface area (Å²) in [6, 6.07) is 9.99. The van der Waals surface area contributed by atoms with Crippen molar-refractivity contribution in [3.05, 3.63) is 71.4 Å². The maximum Gasteiger partial charge on any atom is 0.348 e. The number of aromatic nitrogens is 2. The van der Waals surface area contributed by atoms with Crippen molar-refractivity contribution in [2.45, 2.75) is 19.8 Å². The number of ether oxygens (including phenoxy) is 1. The molecule has 3 rings (SSSR count). The molecule has 0 aliphatic heterocycles. The number of esters is 1. The van der Waals surface area contributed by atoms with E-state index in [4.69, 9.17) is 4.74 Å². The first-order valence-electron chi connectivity index (χ1n) is 8.08. The van der Waals surface area contributed by atoms with Gasteiger partial charge in [0, 0.05) is 0 Å². The minimum Gasteiger partial charge on any atom is -0.465 e. The lowest BCUT2D eigenvalue weighted by atomic mass is 10.1. The summed E-state index contributed by atoms with van der Waals surface area (Å²) in [4.78, 5) is 17.2. The van der Waals surface area contributed by atoms with Crippen LogP contribution in [0.2, 0.25) is 0 Å². The van der Waals surface area contributed by atoms with E-state index in [0.717, 1.165) is 40.0 Å². The molecule has 25 heavy (non-hydrogen) atoms. The largest absolute Gasteiger partial charge is 0.465 e. The molecule has 0 bridgehead atoms. The summed E-state index contributed by atoms with van der Waals surface area (Å²) in [6.07, 6.45) is 7.31. The van der Waals surface area contributed by atoms with Crippen LogP contribution in [0.5, 0.6) is 0 Å². The van der Waals surface area contributed by atoms with Crippen LogP contribution in [0, 0.1) is 0 Å². The van der Waals surface area contributed by atoms with Crippen molar-refractivity contribution in [3.8, 4) is 5.00 Å². The fourth-order valence-corrected chi connectivity index (χ4v) is 3.85. The lowest BCUT2D eigenvalue weighted by Gasteiger charge is -2.02. The molecule has 4 nitrogen and oxygen atoms in total. The van der Waals surface area contributed by atoms with Gasteiger partial charge in [0.05, 0.1) is 18.1 Å². The highest BCUT2D eigenvalue weighted by atomic mass is 32.1. The number of hydrogen-bond donors (Lipinski definition) is 0. The molecule has 0 aliphatic rings. The van der Waals surface area contributed by atoms with E-state index in [1.165, 1.54) is 18.4 Å². The molecule has 0 unspecified atom stereocenters. The van der Waals surface area contributed by atoms with E-state index in [9.17, 15) is 4.79 Å². The molecule has 0 N–H and O–H groups in total. The highest BCUT2D eigenvalue weighted by Crippen LogP contribution is 2.30. The first-order chi connectivity index (χ1) is 12.1. The Labute approximate surface area is 151 Å². The van der Waals surface area contributed by atoms with Gasteiger partial charge in [-0.15, -0.1) is 11.3 Å². The fraction of sp³-hybridized carbons (Fsp3) is 0.200. The Kier molecular flexibility index (Phi) is 5.14. The quantitative estimate of drug-likeness (QED) is 0.466. The topological polar surface area (TPSA) is 44.1 Å². The summed E-state index contributed by atoms with van der Waals surface area (Å²) in [6.45, 7) is 6.01. The standard InChI is InChI=1S/C20H20N2O2S/c1-4-7-14(2)10-11-15-12-18(25-19(15)20(23)24-3)22-13-21-16-8-5-6-9-17(16)22/h4-9,12-13H,2,10-11H2,1,3H3/b7-4-. The van der Waals surface area contributed by atoms with E-state index in [2.05, 4.69) is 11.6 Å². The number of nitrogens with zero attached hydrogens (tertiary/aromatic N) is 2. The van der Waals surface area contributed by atoms with Gasteiger partial charge in [-0.1, -0.05) is 36.4 Å². The normalized spacial score (nSPS) is 11.3. The number of hydrogen-bond acceptors (Lipinski definition) is 4. The lowest BCUT2D eigenvalue weighted by Crippen LogP contribution is -2.02. The highest BCUT2D eigenvalue weighted by molar-refractivity contribution is 7.16. The van der Waals surface area contributed by atoms with E-state index in [0.29, 0.717) is 4.88 Å². The molecule has 0 aliphatic carbocycles. The Hall–Kier alpha value is -2.66. The number of carbonyl (C=O) groups excluding carboxylic acids is 1. The number of para-hydroxylation sites is 2. The van der Waals surface area contributed by atoms with Gasteiger partial charge in [-0.25, -0.2) is 9.78 Å². The zero-order valence-electron chi connectivity index (χ0n) is 14.4. The number of aryl methyl sites for hydroxylation is 1. The van der Waals surface area contributed by atoms with Crippen molar-refractivity contribution in [2.24, 2.45) is 0 Å². The maximum absolute atomic E-state index is 12.2. The maximum atomic E-state index is 12.2. The van der Waals surface area contributed by atoms with E-state index in [1.54, 1.807) is 6.33 Å². The van der Waals surface area contributed by atoms with E-state index in [1.807, 2.05) is 54.0 Å². The van der Waals surface area contributed by atoms with Crippen LogP contribution >= 0.6 is 11.3 Å². The van der Waals surface area contributed by atoms with Gasteiger partial charge in [0.15, 0.2) is 0 Å². The van der Waals surface area contributed by atoms with E-state index >= 15 is 0 Å². The molecule has 0 saturated heterocycles. The Morgan fingerprint density at radius 1 is 1.40 bits per heavy atom. The van der Waals surface area contributed by atoms with Crippen molar-refractivity contribution in [3.63, 3.8) is 0 Å². The number of methoxy groups -OCH3 is 1. The molecule has 0 radical (unpaired) electrons. The van der Waals surface area contributed by atoms with E-state index < -0.39 is 0 Å². The van der Waals surface area contributed by atoms with Crippen LogP contribution < -0.4 is 0 Å². The zero-order chi connectivity index (χ0) is 17.8. The third kappa shape index (κ3) is 3.56. The van der Waals surface area contributed by atoms with Crippen LogP contribution in [0.1, 0.15) is 28.6 Å². The Morgan fingerprint density at radius 2 is 2.20 bits per heavy atom. The van der Waals surface area contributed by atoms with E-state index in [-0.39, 0.29) is 5.97 Å². The molecule has 128 valence electrons. The van der Waals surface area contributed by atoms with Crippen molar-refractivity contribution in [1.29, 1.82) is 0 Å². The smallest absolute Gasteiger partial charge is 0.348 e. The van der Waals surface area contributed by atoms with Gasteiger partial charge < -0.3 is 4.74 Å². The number of allylic oxidation sites excluding steroid dienone is 3. The number of thiophene rings is 1. The molecule has 0 fully saturated rings. The Morgan fingerprint density at radius 3 is 2.96 bits per heavy atom. The van der Waals surface area contributed by atoms with Gasteiger partial charge in [0.25, 0.3) is 0 Å². The first kappa shape index (κ1) is 17.2. The summed E-state index contributed by atoms with van der Waals surface area (Å²) in [5, 5.41) is 0.959. The highest BCUT2D eigenvalue weighted by Gasteiger charge is 2.18. The predicted molar refractivity (Wildman–Crippen MR) is 103 cm³/mol. The van der Waals surface area contributed by atoms with Crippen LogP contribution in [0.25, 0.3) is 16.0 Å². The monoisotopic (exact) mass is 352 g/mol. The van der Waals surface area contributed by atoms with Crippen LogP contribution in [-0.4, -0.2) is 22.6 Å². The van der Waals surface area contributed by atoms with Gasteiger partial charge in [-0.2, -0.15) is 0 Å². The number of benzene rings is 1. The molecule has 1 aromatic carbocycles. The third-order valence-corrected chi connectivity index (χ3v) is 5.13. The minimum atomic E-state index is -0.299. The molecule has 0 atom stereocenters. The van der Waals surface area contributed by atoms with Crippen LogP contribution in [0.3, 0.4) is 0 Å². The molecule has 0 amide bonds. The van der Waals surface area contributed by atoms with Crippen molar-refractivity contribution >= 4 is 28.3 Å². The molecule has 2 heterocycles. The molecule has 0 spiro atoms. The first-order valence-corrected chi connectivity index (χ1v) is 8.89. The average molecular weight is 352 g/mol. The summed E-state index contributed by atoms with van der Waals surface area (Å²) in [7, 11) is 1.41. The summed E-state index contributed by atoms with van der Waals surface area (Å²) >= 11 is 1.43. The molecule has 0 saturated carbocycles. The number of fused-ring (bicyclic) bond motifs is 1. The van der Waals surface area contributed by atoms with Crippen LogP contribution in [-0.2, 0) is 11.2 Å². The second-order valence-corrected chi connectivity index (χ2v) is 6.72.